The van der Waals surface area contributed by atoms with Crippen LogP contribution < -0.4 is 0 Å². The lowest BCUT2D eigenvalue weighted by Gasteiger charge is -2.33. The van der Waals surface area contributed by atoms with Gasteiger partial charge in [-0.3, -0.25) is 9.69 Å². The second-order valence-electron chi connectivity index (χ2n) is 6.14. The fourth-order valence-corrected chi connectivity index (χ4v) is 2.80. The average Bonchev–Trinajstić information content (AvgIpc) is 3.01. The van der Waals surface area contributed by atoms with Crippen molar-refractivity contribution in [3.63, 3.8) is 0 Å². The van der Waals surface area contributed by atoms with Crippen molar-refractivity contribution in [2.45, 2.75) is 19.5 Å². The van der Waals surface area contributed by atoms with Gasteiger partial charge in [0.05, 0.1) is 13.2 Å². The van der Waals surface area contributed by atoms with Gasteiger partial charge in [0.25, 0.3) is 5.91 Å². The van der Waals surface area contributed by atoms with Crippen LogP contribution in [0.2, 0.25) is 0 Å². The fraction of sp³-hybridized carbons (Fsp3) is 0.471. The highest BCUT2D eigenvalue weighted by Crippen LogP contribution is 2.25. The molecule has 1 atom stereocenters. The minimum atomic E-state index is -0.0619. The van der Waals surface area contributed by atoms with Crippen molar-refractivity contribution in [2.75, 3.05) is 33.9 Å². The number of ether oxygens (including phenoxy) is 1. The molecule has 3 rings (SSSR count). The van der Waals surface area contributed by atoms with Crippen LogP contribution in [0.15, 0.2) is 28.8 Å². The highest BCUT2D eigenvalue weighted by molar-refractivity contribution is 5.94. The van der Waals surface area contributed by atoms with E-state index in [-0.39, 0.29) is 11.9 Å². The summed E-state index contributed by atoms with van der Waals surface area (Å²) in [6, 6.07) is 7.65. The smallest absolute Gasteiger partial charge is 0.253 e. The number of hydrogen-bond donors (Lipinski definition) is 0. The molecule has 0 bridgehead atoms. The molecule has 0 aliphatic carbocycles. The molecule has 0 N–H and O–H groups in total. The van der Waals surface area contributed by atoms with Crippen molar-refractivity contribution in [3.8, 4) is 0 Å². The van der Waals surface area contributed by atoms with E-state index < -0.39 is 0 Å². The van der Waals surface area contributed by atoms with Gasteiger partial charge in [0, 0.05) is 32.7 Å². The number of nitrogens with zero attached hydrogens (tertiary/aromatic N) is 4. The Labute approximate surface area is 141 Å². The largest absolute Gasteiger partial charge is 0.378 e. The third kappa shape index (κ3) is 3.63. The second kappa shape index (κ2) is 7.11. The van der Waals surface area contributed by atoms with Crippen molar-refractivity contribution < 1.29 is 14.1 Å². The van der Waals surface area contributed by atoms with E-state index in [1.54, 1.807) is 25.9 Å². The highest BCUT2D eigenvalue weighted by Gasteiger charge is 2.29. The zero-order valence-corrected chi connectivity index (χ0v) is 14.2. The predicted octanol–water partition coefficient (Wildman–Crippen LogP) is 1.65. The molecule has 1 aromatic carbocycles. The maximum absolute atomic E-state index is 12.1. The number of benzene rings is 1. The molecule has 0 saturated carbocycles. The first-order valence-corrected chi connectivity index (χ1v) is 7.97. The maximum Gasteiger partial charge on any atom is 0.253 e. The minimum Gasteiger partial charge on any atom is -0.378 e. The molecule has 2 aromatic rings. The summed E-state index contributed by atoms with van der Waals surface area (Å²) < 4.78 is 10.9. The molecule has 1 amide bonds. The van der Waals surface area contributed by atoms with Crippen LogP contribution in [-0.2, 0) is 11.3 Å². The van der Waals surface area contributed by atoms with Crippen molar-refractivity contribution in [1.29, 1.82) is 0 Å². The average molecular weight is 330 g/mol. The lowest BCUT2D eigenvalue weighted by molar-refractivity contribution is -0.0241. The molecule has 1 saturated heterocycles. The van der Waals surface area contributed by atoms with Gasteiger partial charge in [-0.15, -0.1) is 0 Å². The fourth-order valence-electron chi connectivity index (χ4n) is 2.80. The quantitative estimate of drug-likeness (QED) is 0.849. The summed E-state index contributed by atoms with van der Waals surface area (Å²) in [7, 11) is 3.51. The van der Waals surface area contributed by atoms with Crippen LogP contribution in [0.4, 0.5) is 0 Å². The summed E-state index contributed by atoms with van der Waals surface area (Å²) in [5, 5.41) is 3.87. The molecule has 128 valence electrons. The molecular weight excluding hydrogens is 308 g/mol. The van der Waals surface area contributed by atoms with Crippen molar-refractivity contribution >= 4 is 5.91 Å². The summed E-state index contributed by atoms with van der Waals surface area (Å²) in [5.74, 6) is 1.20. The summed E-state index contributed by atoms with van der Waals surface area (Å²) >= 11 is 0. The van der Waals surface area contributed by atoms with Crippen molar-refractivity contribution in [1.82, 2.24) is 19.9 Å². The number of hydrogen-bond acceptors (Lipinski definition) is 6. The Bertz CT molecular complexity index is 713. The first-order chi connectivity index (χ1) is 11.5. The van der Waals surface area contributed by atoms with Crippen LogP contribution in [0.1, 0.15) is 33.7 Å². The Morgan fingerprint density at radius 2 is 2.25 bits per heavy atom. The molecule has 7 nitrogen and oxygen atoms in total. The van der Waals surface area contributed by atoms with Crippen LogP contribution >= 0.6 is 0 Å². The predicted molar refractivity (Wildman–Crippen MR) is 87.5 cm³/mol. The minimum absolute atomic E-state index is 0.00269. The topological polar surface area (TPSA) is 71.7 Å². The van der Waals surface area contributed by atoms with E-state index in [0.29, 0.717) is 37.0 Å². The number of rotatable bonds is 4. The third-order valence-electron chi connectivity index (χ3n) is 4.03. The molecule has 2 heterocycles. The number of aryl methyl sites for hydroxylation is 1. The molecule has 0 unspecified atom stereocenters. The summed E-state index contributed by atoms with van der Waals surface area (Å²) in [6.45, 7) is 4.47. The molecule has 1 aromatic heterocycles. The van der Waals surface area contributed by atoms with Crippen molar-refractivity contribution in [2.24, 2.45) is 0 Å². The lowest BCUT2D eigenvalue weighted by atomic mass is 10.1. The van der Waals surface area contributed by atoms with Gasteiger partial charge in [-0.25, -0.2) is 0 Å². The number of carbonyl (C=O) groups is 1. The molecule has 1 aliphatic rings. The molecular formula is C17H22N4O3. The van der Waals surface area contributed by atoms with Crippen LogP contribution in [-0.4, -0.2) is 59.7 Å². The Morgan fingerprint density at radius 3 is 2.96 bits per heavy atom. The monoisotopic (exact) mass is 330 g/mol. The van der Waals surface area contributed by atoms with Gasteiger partial charge in [0.15, 0.2) is 5.82 Å². The number of carbonyl (C=O) groups excluding carboxylic acids is 1. The SMILES string of the molecule is Cc1noc([C@H]2COCCN2Cc2cccc(C(=O)N(C)C)c2)n1. The van der Waals surface area contributed by atoms with Crippen LogP contribution in [0, 0.1) is 6.92 Å². The lowest BCUT2D eigenvalue weighted by Crippen LogP contribution is -2.39. The summed E-state index contributed by atoms with van der Waals surface area (Å²) in [6.07, 6.45) is 0. The van der Waals surface area contributed by atoms with Gasteiger partial charge >= 0.3 is 0 Å². The second-order valence-corrected chi connectivity index (χ2v) is 6.14. The zero-order valence-electron chi connectivity index (χ0n) is 14.2. The first kappa shape index (κ1) is 16.6. The standard InChI is InChI=1S/C17H22N4O3/c1-12-18-16(24-19-12)15-11-23-8-7-21(15)10-13-5-4-6-14(9-13)17(22)20(2)3/h4-6,9,15H,7-8,10-11H2,1-3H3/t15-/m1/s1. The van der Waals surface area contributed by atoms with Gasteiger partial charge in [0.1, 0.15) is 6.04 Å². The van der Waals surface area contributed by atoms with E-state index in [2.05, 4.69) is 15.0 Å². The van der Waals surface area contributed by atoms with Gasteiger partial charge in [-0.1, -0.05) is 17.3 Å². The summed E-state index contributed by atoms with van der Waals surface area (Å²) in [5.41, 5.74) is 1.77. The summed E-state index contributed by atoms with van der Waals surface area (Å²) in [4.78, 5) is 20.3. The number of aromatic nitrogens is 2. The first-order valence-electron chi connectivity index (χ1n) is 7.97. The van der Waals surface area contributed by atoms with Gasteiger partial charge in [0.2, 0.25) is 5.89 Å². The van der Waals surface area contributed by atoms with E-state index in [9.17, 15) is 4.79 Å². The van der Waals surface area contributed by atoms with E-state index in [1.807, 2.05) is 24.3 Å². The van der Waals surface area contributed by atoms with E-state index in [4.69, 9.17) is 9.26 Å². The Morgan fingerprint density at radius 1 is 1.42 bits per heavy atom. The van der Waals surface area contributed by atoms with E-state index in [1.165, 1.54) is 0 Å². The third-order valence-corrected chi connectivity index (χ3v) is 4.03. The molecule has 7 heteroatoms. The van der Waals surface area contributed by atoms with Gasteiger partial charge < -0.3 is 14.2 Å². The Balaban J connectivity index is 1.78. The van der Waals surface area contributed by atoms with Crippen LogP contribution in [0.25, 0.3) is 0 Å². The zero-order chi connectivity index (χ0) is 17.1. The van der Waals surface area contributed by atoms with Crippen molar-refractivity contribution in [3.05, 3.63) is 47.1 Å². The molecule has 24 heavy (non-hydrogen) atoms. The molecule has 1 aliphatic heterocycles. The highest BCUT2D eigenvalue weighted by atomic mass is 16.5. The maximum atomic E-state index is 12.1. The van der Waals surface area contributed by atoms with E-state index >= 15 is 0 Å². The van der Waals surface area contributed by atoms with E-state index in [0.717, 1.165) is 12.1 Å². The number of morpholine rings is 1. The van der Waals surface area contributed by atoms with Crippen LogP contribution in [0.3, 0.4) is 0 Å². The Hall–Kier alpha value is -2.25. The molecule has 0 radical (unpaired) electrons. The molecule has 0 spiro atoms. The normalized spacial score (nSPS) is 18.5. The number of amides is 1. The van der Waals surface area contributed by atoms with Crippen LogP contribution in [0.5, 0.6) is 0 Å². The Kier molecular flexibility index (Phi) is 4.92. The van der Waals surface area contributed by atoms with Gasteiger partial charge in [-0.2, -0.15) is 4.98 Å². The molecule has 1 fully saturated rings. The van der Waals surface area contributed by atoms with Gasteiger partial charge in [-0.05, 0) is 24.6 Å².